The zero-order valence-corrected chi connectivity index (χ0v) is 14.2. The molecule has 26 heavy (non-hydrogen) atoms. The molecule has 134 valence electrons. The lowest BCUT2D eigenvalue weighted by Gasteiger charge is -2.07. The predicted molar refractivity (Wildman–Crippen MR) is 98.4 cm³/mol. The molecular formula is C18H20N6O2. The Morgan fingerprint density at radius 1 is 1.27 bits per heavy atom. The van der Waals surface area contributed by atoms with Crippen LogP contribution in [0.5, 0.6) is 0 Å². The van der Waals surface area contributed by atoms with Crippen molar-refractivity contribution in [3.8, 4) is 5.69 Å². The summed E-state index contributed by atoms with van der Waals surface area (Å²) in [5, 5.41) is 10.7. The molecule has 2 heterocycles. The number of carbonyl (C=O) groups excluding carboxylic acids is 1. The van der Waals surface area contributed by atoms with E-state index in [9.17, 15) is 9.59 Å². The van der Waals surface area contributed by atoms with Crippen LogP contribution in [0.4, 0.5) is 5.95 Å². The van der Waals surface area contributed by atoms with Crippen LogP contribution in [0.2, 0.25) is 0 Å². The molecule has 0 unspecified atom stereocenters. The van der Waals surface area contributed by atoms with Crippen LogP contribution >= 0.6 is 0 Å². The third kappa shape index (κ3) is 3.58. The van der Waals surface area contributed by atoms with E-state index < -0.39 is 0 Å². The third-order valence-electron chi connectivity index (χ3n) is 4.25. The molecule has 0 radical (unpaired) electrons. The minimum Gasteiger partial charge on any atom is -0.356 e. The maximum atomic E-state index is 12.3. The van der Waals surface area contributed by atoms with Crippen molar-refractivity contribution < 1.29 is 4.79 Å². The first-order valence-corrected chi connectivity index (χ1v) is 8.77. The third-order valence-corrected chi connectivity index (χ3v) is 4.25. The van der Waals surface area contributed by atoms with Crippen molar-refractivity contribution in [2.45, 2.75) is 31.7 Å². The molecule has 1 aliphatic rings. The average Bonchev–Trinajstić information content (AvgIpc) is 3.35. The van der Waals surface area contributed by atoms with Crippen LogP contribution in [-0.4, -0.2) is 38.2 Å². The quantitative estimate of drug-likeness (QED) is 0.560. The van der Waals surface area contributed by atoms with Crippen LogP contribution < -0.4 is 16.2 Å². The summed E-state index contributed by atoms with van der Waals surface area (Å²) in [5.41, 5.74) is 1.09. The second kappa shape index (κ2) is 6.99. The Kier molecular flexibility index (Phi) is 4.39. The topological polar surface area (TPSA) is 105 Å². The number of rotatable bonds is 7. The number of nitrogens with one attached hydrogen (secondary N) is 3. The molecule has 3 N–H and O–H groups in total. The first-order chi connectivity index (χ1) is 12.7. The summed E-state index contributed by atoms with van der Waals surface area (Å²) < 4.78 is 1.64. The molecule has 0 bridgehead atoms. The zero-order valence-electron chi connectivity index (χ0n) is 14.2. The van der Waals surface area contributed by atoms with Gasteiger partial charge in [0.05, 0.1) is 11.9 Å². The SMILES string of the molecule is O=C(CCCNc1nc2c(cnn2-c2ccccc2)c(=O)[nH]1)NC1CC1. The van der Waals surface area contributed by atoms with E-state index in [-0.39, 0.29) is 11.5 Å². The number of aromatic nitrogens is 4. The number of amides is 1. The van der Waals surface area contributed by atoms with Gasteiger partial charge >= 0.3 is 0 Å². The fourth-order valence-corrected chi connectivity index (χ4v) is 2.74. The first kappa shape index (κ1) is 16.3. The smallest absolute Gasteiger partial charge is 0.263 e. The number of carbonyl (C=O) groups is 1. The van der Waals surface area contributed by atoms with Crippen molar-refractivity contribution in [3.05, 3.63) is 46.9 Å². The number of hydrogen-bond acceptors (Lipinski definition) is 5. The molecule has 0 saturated heterocycles. The van der Waals surface area contributed by atoms with Crippen LogP contribution in [0.3, 0.4) is 0 Å². The van der Waals surface area contributed by atoms with Crippen LogP contribution in [0.25, 0.3) is 16.7 Å². The van der Waals surface area contributed by atoms with E-state index in [1.165, 1.54) is 6.20 Å². The van der Waals surface area contributed by atoms with Crippen molar-refractivity contribution in [3.63, 3.8) is 0 Å². The molecule has 1 fully saturated rings. The van der Waals surface area contributed by atoms with E-state index in [4.69, 9.17) is 0 Å². The van der Waals surface area contributed by atoms with Gasteiger partial charge in [0.15, 0.2) is 5.65 Å². The summed E-state index contributed by atoms with van der Waals surface area (Å²) in [6, 6.07) is 9.92. The van der Waals surface area contributed by atoms with Gasteiger partial charge in [0.25, 0.3) is 5.56 Å². The molecule has 2 aromatic heterocycles. The Morgan fingerprint density at radius 3 is 2.85 bits per heavy atom. The van der Waals surface area contributed by atoms with Crippen molar-refractivity contribution in [2.75, 3.05) is 11.9 Å². The lowest BCUT2D eigenvalue weighted by molar-refractivity contribution is -0.121. The second-order valence-corrected chi connectivity index (χ2v) is 6.42. The van der Waals surface area contributed by atoms with Crippen LogP contribution in [0, 0.1) is 0 Å². The molecule has 3 aromatic rings. The van der Waals surface area contributed by atoms with Gasteiger partial charge in [0.1, 0.15) is 5.39 Å². The number of para-hydroxylation sites is 1. The van der Waals surface area contributed by atoms with Gasteiger partial charge in [-0.05, 0) is 31.4 Å². The van der Waals surface area contributed by atoms with E-state index in [0.717, 1.165) is 18.5 Å². The fourth-order valence-electron chi connectivity index (χ4n) is 2.74. The fraction of sp³-hybridized carbons (Fsp3) is 0.333. The summed E-state index contributed by atoms with van der Waals surface area (Å²) in [4.78, 5) is 31.1. The maximum absolute atomic E-state index is 12.3. The molecule has 1 saturated carbocycles. The van der Waals surface area contributed by atoms with Gasteiger partial charge in [-0.25, -0.2) is 4.68 Å². The van der Waals surface area contributed by atoms with E-state index >= 15 is 0 Å². The molecule has 1 aromatic carbocycles. The van der Waals surface area contributed by atoms with Gasteiger partial charge in [-0.3, -0.25) is 14.6 Å². The van der Waals surface area contributed by atoms with Crippen molar-refractivity contribution in [1.29, 1.82) is 0 Å². The highest BCUT2D eigenvalue weighted by atomic mass is 16.1. The Balaban J connectivity index is 1.45. The van der Waals surface area contributed by atoms with Crippen molar-refractivity contribution in [2.24, 2.45) is 0 Å². The van der Waals surface area contributed by atoms with Crippen LogP contribution in [0.1, 0.15) is 25.7 Å². The number of H-pyrrole nitrogens is 1. The van der Waals surface area contributed by atoms with Crippen molar-refractivity contribution >= 4 is 22.9 Å². The Bertz CT molecular complexity index is 974. The monoisotopic (exact) mass is 352 g/mol. The van der Waals surface area contributed by atoms with E-state index in [2.05, 4.69) is 25.7 Å². The minimum atomic E-state index is -0.244. The maximum Gasteiger partial charge on any atom is 0.263 e. The molecule has 0 aliphatic heterocycles. The molecule has 0 spiro atoms. The Hall–Kier alpha value is -3.16. The normalized spacial score (nSPS) is 13.7. The van der Waals surface area contributed by atoms with Gasteiger partial charge < -0.3 is 10.6 Å². The molecule has 8 heteroatoms. The molecule has 1 amide bonds. The van der Waals surface area contributed by atoms with E-state index in [0.29, 0.717) is 42.4 Å². The Labute approximate surface area is 149 Å². The average molecular weight is 352 g/mol. The summed E-state index contributed by atoms with van der Waals surface area (Å²) in [6.45, 7) is 0.548. The number of hydrogen-bond donors (Lipinski definition) is 3. The summed E-state index contributed by atoms with van der Waals surface area (Å²) in [7, 11) is 0. The summed E-state index contributed by atoms with van der Waals surface area (Å²) in [5.74, 6) is 0.455. The highest BCUT2D eigenvalue weighted by Gasteiger charge is 2.22. The van der Waals surface area contributed by atoms with Crippen LogP contribution in [-0.2, 0) is 4.79 Å². The number of anilines is 1. The highest BCUT2D eigenvalue weighted by molar-refractivity contribution is 5.77. The predicted octanol–water partition coefficient (Wildman–Crippen LogP) is 1.58. The highest BCUT2D eigenvalue weighted by Crippen LogP contribution is 2.18. The number of nitrogens with zero attached hydrogens (tertiary/aromatic N) is 3. The molecule has 4 rings (SSSR count). The van der Waals surface area contributed by atoms with E-state index in [1.54, 1.807) is 4.68 Å². The number of fused-ring (bicyclic) bond motifs is 1. The Morgan fingerprint density at radius 2 is 2.08 bits per heavy atom. The van der Waals surface area contributed by atoms with Gasteiger partial charge in [0, 0.05) is 19.0 Å². The number of aromatic amines is 1. The largest absolute Gasteiger partial charge is 0.356 e. The van der Waals surface area contributed by atoms with Crippen LogP contribution in [0.15, 0.2) is 41.3 Å². The lowest BCUT2D eigenvalue weighted by Crippen LogP contribution is -2.25. The standard InChI is InChI=1S/C18H20N6O2/c25-15(21-12-8-9-12)7-4-10-19-18-22-16-14(17(26)23-18)11-20-24(16)13-5-2-1-3-6-13/h1-3,5-6,11-12H,4,7-10H2,(H,21,25)(H2,19,22,23,26). The lowest BCUT2D eigenvalue weighted by atomic mass is 10.3. The van der Waals surface area contributed by atoms with Crippen molar-refractivity contribution in [1.82, 2.24) is 25.1 Å². The molecular weight excluding hydrogens is 332 g/mol. The summed E-state index contributed by atoms with van der Waals surface area (Å²) in [6.07, 6.45) is 4.81. The zero-order chi connectivity index (χ0) is 17.9. The molecule has 1 aliphatic carbocycles. The first-order valence-electron chi connectivity index (χ1n) is 8.77. The minimum absolute atomic E-state index is 0.0772. The molecule has 8 nitrogen and oxygen atoms in total. The summed E-state index contributed by atoms with van der Waals surface area (Å²) >= 11 is 0. The molecule has 0 atom stereocenters. The van der Waals surface area contributed by atoms with Gasteiger partial charge in [-0.2, -0.15) is 10.1 Å². The number of benzene rings is 1. The van der Waals surface area contributed by atoms with Gasteiger partial charge in [-0.15, -0.1) is 0 Å². The second-order valence-electron chi connectivity index (χ2n) is 6.42. The van der Waals surface area contributed by atoms with Gasteiger partial charge in [-0.1, -0.05) is 18.2 Å². The van der Waals surface area contributed by atoms with Gasteiger partial charge in [0.2, 0.25) is 11.9 Å². The van der Waals surface area contributed by atoms with E-state index in [1.807, 2.05) is 30.3 Å².